The van der Waals surface area contributed by atoms with E-state index in [1.807, 2.05) is 13.8 Å². The highest BCUT2D eigenvalue weighted by Crippen LogP contribution is 2.26. The maximum Gasteiger partial charge on any atom is 0.235 e. The SMILES string of the molecule is CC(C)[C@@H](NCC(=O)N[C@@](C)(C#N)C(C)C)c1ccc(C(C)(C)C)cc1. The van der Waals surface area contributed by atoms with Crippen LogP contribution in [0.4, 0.5) is 0 Å². The summed E-state index contributed by atoms with van der Waals surface area (Å²) in [7, 11) is 0. The van der Waals surface area contributed by atoms with E-state index in [4.69, 9.17) is 0 Å². The van der Waals surface area contributed by atoms with E-state index in [2.05, 4.69) is 75.6 Å². The lowest BCUT2D eigenvalue weighted by Gasteiger charge is -2.29. The van der Waals surface area contributed by atoms with Gasteiger partial charge >= 0.3 is 0 Å². The van der Waals surface area contributed by atoms with Crippen molar-refractivity contribution in [2.75, 3.05) is 6.54 Å². The first-order valence-corrected chi connectivity index (χ1v) is 9.46. The smallest absolute Gasteiger partial charge is 0.235 e. The Bertz CT molecular complexity index is 635. The Kier molecular flexibility index (Phi) is 7.41. The molecule has 1 amide bonds. The lowest BCUT2D eigenvalue weighted by molar-refractivity contribution is -0.122. The van der Waals surface area contributed by atoms with Gasteiger partial charge in [-0.25, -0.2) is 0 Å². The maximum atomic E-state index is 12.3. The van der Waals surface area contributed by atoms with Crippen molar-refractivity contribution in [2.45, 2.75) is 72.4 Å². The summed E-state index contributed by atoms with van der Waals surface area (Å²) in [5.74, 6) is 0.234. The van der Waals surface area contributed by atoms with Crippen LogP contribution in [-0.4, -0.2) is 18.0 Å². The predicted octanol–water partition coefficient (Wildman–Crippen LogP) is 4.33. The van der Waals surface area contributed by atoms with Crippen LogP contribution in [0.5, 0.6) is 0 Å². The molecule has 0 saturated heterocycles. The van der Waals surface area contributed by atoms with Gasteiger partial charge in [0, 0.05) is 6.04 Å². The van der Waals surface area contributed by atoms with Gasteiger partial charge in [-0.05, 0) is 35.3 Å². The molecular formula is C22H35N3O. The van der Waals surface area contributed by atoms with Crippen molar-refractivity contribution >= 4 is 5.91 Å². The van der Waals surface area contributed by atoms with Gasteiger partial charge in [0.1, 0.15) is 5.54 Å². The second kappa shape index (κ2) is 8.68. The summed E-state index contributed by atoms with van der Waals surface area (Å²) in [4.78, 5) is 12.3. The maximum absolute atomic E-state index is 12.3. The minimum absolute atomic E-state index is 0.0438. The fraction of sp³-hybridized carbons (Fsp3) is 0.636. The molecule has 0 radical (unpaired) electrons. The van der Waals surface area contributed by atoms with Gasteiger partial charge in [0.25, 0.3) is 0 Å². The molecule has 0 fully saturated rings. The summed E-state index contributed by atoms with van der Waals surface area (Å²) in [6.45, 7) is 16.7. The van der Waals surface area contributed by atoms with Crippen LogP contribution in [0.2, 0.25) is 0 Å². The molecule has 144 valence electrons. The van der Waals surface area contributed by atoms with Crippen molar-refractivity contribution in [3.05, 3.63) is 35.4 Å². The van der Waals surface area contributed by atoms with E-state index in [-0.39, 0.29) is 29.8 Å². The van der Waals surface area contributed by atoms with Crippen LogP contribution in [0, 0.1) is 23.2 Å². The highest BCUT2D eigenvalue weighted by molar-refractivity contribution is 5.79. The molecule has 0 unspecified atom stereocenters. The third kappa shape index (κ3) is 5.85. The van der Waals surface area contributed by atoms with E-state index < -0.39 is 5.54 Å². The second-order valence-electron chi connectivity index (χ2n) is 8.99. The van der Waals surface area contributed by atoms with Crippen molar-refractivity contribution in [1.29, 1.82) is 5.26 Å². The lowest BCUT2D eigenvalue weighted by atomic mass is 9.85. The minimum Gasteiger partial charge on any atom is -0.337 e. The van der Waals surface area contributed by atoms with Gasteiger partial charge in [-0.2, -0.15) is 5.26 Å². The molecule has 0 aliphatic rings. The van der Waals surface area contributed by atoms with E-state index in [0.29, 0.717) is 5.92 Å². The molecular weight excluding hydrogens is 322 g/mol. The first kappa shape index (κ1) is 22.2. The third-order valence-electron chi connectivity index (χ3n) is 5.07. The van der Waals surface area contributed by atoms with Gasteiger partial charge in [-0.1, -0.05) is 72.7 Å². The zero-order chi connectivity index (χ0) is 20.1. The van der Waals surface area contributed by atoms with E-state index in [1.54, 1.807) is 6.92 Å². The average molecular weight is 358 g/mol. The third-order valence-corrected chi connectivity index (χ3v) is 5.07. The summed E-state index contributed by atoms with van der Waals surface area (Å²) in [6.07, 6.45) is 0. The Morgan fingerprint density at radius 2 is 1.62 bits per heavy atom. The minimum atomic E-state index is -0.847. The van der Waals surface area contributed by atoms with Crippen LogP contribution in [0.1, 0.15) is 72.6 Å². The van der Waals surface area contributed by atoms with Crippen molar-refractivity contribution in [3.63, 3.8) is 0 Å². The first-order chi connectivity index (χ1) is 11.9. The largest absolute Gasteiger partial charge is 0.337 e. The zero-order valence-corrected chi connectivity index (χ0v) is 17.6. The molecule has 0 aromatic heterocycles. The number of hydrogen-bond acceptors (Lipinski definition) is 3. The predicted molar refractivity (Wildman–Crippen MR) is 108 cm³/mol. The van der Waals surface area contributed by atoms with E-state index in [0.717, 1.165) is 0 Å². The van der Waals surface area contributed by atoms with E-state index in [1.165, 1.54) is 11.1 Å². The fourth-order valence-electron chi connectivity index (χ4n) is 2.77. The first-order valence-electron chi connectivity index (χ1n) is 9.46. The Morgan fingerprint density at radius 1 is 1.08 bits per heavy atom. The van der Waals surface area contributed by atoms with Crippen LogP contribution in [0.15, 0.2) is 24.3 Å². The van der Waals surface area contributed by atoms with Gasteiger partial charge in [0.15, 0.2) is 0 Å². The molecule has 1 aromatic rings. The van der Waals surface area contributed by atoms with Crippen LogP contribution in [0.3, 0.4) is 0 Å². The molecule has 0 saturated carbocycles. The Hall–Kier alpha value is -1.86. The molecule has 1 rings (SSSR count). The molecule has 2 N–H and O–H groups in total. The molecule has 0 spiro atoms. The normalized spacial score (nSPS) is 15.4. The molecule has 1 aromatic carbocycles. The standard InChI is InChI=1S/C22H35N3O/c1-15(2)20(17-9-11-18(12-10-17)21(5,6)7)24-13-19(26)25-22(8,14-23)16(3)4/h9-12,15-16,20,24H,13H2,1-8H3,(H,25,26)/t20-,22+/m1/s1. The number of carbonyl (C=O) groups is 1. The molecule has 2 atom stereocenters. The fourth-order valence-corrected chi connectivity index (χ4v) is 2.77. The van der Waals surface area contributed by atoms with E-state index >= 15 is 0 Å². The molecule has 0 heterocycles. The van der Waals surface area contributed by atoms with Crippen LogP contribution in [-0.2, 0) is 10.2 Å². The summed E-state index contributed by atoms with van der Waals surface area (Å²) in [5.41, 5.74) is 1.74. The van der Waals surface area contributed by atoms with Crippen LogP contribution >= 0.6 is 0 Å². The summed E-state index contributed by atoms with van der Waals surface area (Å²) < 4.78 is 0. The van der Waals surface area contributed by atoms with Crippen molar-refractivity contribution in [2.24, 2.45) is 11.8 Å². The summed E-state index contributed by atoms with van der Waals surface area (Å²) in [6, 6.07) is 10.9. The molecule has 26 heavy (non-hydrogen) atoms. The number of nitrogens with one attached hydrogen (secondary N) is 2. The Morgan fingerprint density at radius 3 is 2.00 bits per heavy atom. The topological polar surface area (TPSA) is 64.9 Å². The average Bonchev–Trinajstić information content (AvgIpc) is 2.54. The zero-order valence-electron chi connectivity index (χ0n) is 17.6. The van der Waals surface area contributed by atoms with Gasteiger partial charge < -0.3 is 10.6 Å². The molecule has 4 heteroatoms. The number of hydrogen-bond donors (Lipinski definition) is 2. The van der Waals surface area contributed by atoms with Crippen LogP contribution in [0.25, 0.3) is 0 Å². The van der Waals surface area contributed by atoms with Crippen molar-refractivity contribution in [3.8, 4) is 6.07 Å². The molecule has 0 bridgehead atoms. The quantitative estimate of drug-likeness (QED) is 0.763. The highest BCUT2D eigenvalue weighted by atomic mass is 16.2. The van der Waals surface area contributed by atoms with E-state index in [9.17, 15) is 10.1 Å². The lowest BCUT2D eigenvalue weighted by Crippen LogP contribution is -2.51. The number of carbonyl (C=O) groups excluding carboxylic acids is 1. The summed E-state index contributed by atoms with van der Waals surface area (Å²) in [5, 5.41) is 15.6. The number of benzene rings is 1. The monoisotopic (exact) mass is 357 g/mol. The Labute approximate surface area is 159 Å². The number of nitrogens with zero attached hydrogens (tertiary/aromatic N) is 1. The van der Waals surface area contributed by atoms with Gasteiger partial charge in [-0.3, -0.25) is 4.79 Å². The molecule has 0 aliphatic heterocycles. The molecule has 4 nitrogen and oxygen atoms in total. The number of rotatable bonds is 7. The van der Waals surface area contributed by atoms with Gasteiger partial charge in [0.05, 0.1) is 12.6 Å². The highest BCUT2D eigenvalue weighted by Gasteiger charge is 2.30. The Balaban J connectivity index is 2.81. The summed E-state index contributed by atoms with van der Waals surface area (Å²) >= 11 is 0. The van der Waals surface area contributed by atoms with Gasteiger partial charge in [-0.15, -0.1) is 0 Å². The molecule has 0 aliphatic carbocycles. The van der Waals surface area contributed by atoms with Crippen molar-refractivity contribution < 1.29 is 4.79 Å². The second-order valence-corrected chi connectivity index (χ2v) is 8.99. The van der Waals surface area contributed by atoms with Crippen molar-refractivity contribution in [1.82, 2.24) is 10.6 Å². The number of amides is 1. The van der Waals surface area contributed by atoms with Gasteiger partial charge in [0.2, 0.25) is 5.91 Å². The van der Waals surface area contributed by atoms with Crippen LogP contribution < -0.4 is 10.6 Å². The number of nitriles is 1.